The monoisotopic (exact) mass is 270 g/mol. The molecule has 102 valence electrons. The Bertz CT molecular complexity index is 793. The third-order valence-electron chi connectivity index (χ3n) is 3.49. The molecule has 0 fully saturated rings. The van der Waals surface area contributed by atoms with Crippen molar-refractivity contribution in [2.75, 3.05) is 0 Å². The molecule has 2 aromatic carbocycles. The summed E-state index contributed by atoms with van der Waals surface area (Å²) in [7, 11) is 0. The predicted octanol–water partition coefficient (Wildman–Crippen LogP) is 3.88. The van der Waals surface area contributed by atoms with Crippen LogP contribution in [0.15, 0.2) is 36.4 Å². The minimum absolute atomic E-state index is 0.239. The highest BCUT2D eigenvalue weighted by Gasteiger charge is 2.13. The largest absolute Gasteiger partial charge is 0.508 e. The van der Waals surface area contributed by atoms with Gasteiger partial charge in [-0.25, -0.2) is 9.37 Å². The van der Waals surface area contributed by atoms with Gasteiger partial charge in [0.15, 0.2) is 0 Å². The summed E-state index contributed by atoms with van der Waals surface area (Å²) in [6.07, 6.45) is 0. The van der Waals surface area contributed by atoms with Crippen LogP contribution in [0.5, 0.6) is 5.75 Å². The van der Waals surface area contributed by atoms with Gasteiger partial charge in [0.1, 0.15) is 17.4 Å². The zero-order valence-corrected chi connectivity index (χ0v) is 11.4. The molecule has 0 aliphatic heterocycles. The van der Waals surface area contributed by atoms with E-state index < -0.39 is 0 Å². The van der Waals surface area contributed by atoms with Gasteiger partial charge in [0.25, 0.3) is 0 Å². The fraction of sp³-hybridized carbons (Fsp3) is 0.188. The van der Waals surface area contributed by atoms with E-state index in [1.165, 1.54) is 12.1 Å². The van der Waals surface area contributed by atoms with Gasteiger partial charge in [-0.1, -0.05) is 12.1 Å². The Morgan fingerprint density at radius 1 is 1.20 bits per heavy atom. The number of phenolic OH excluding ortho intramolecular Hbond substituents is 1. The Kier molecular flexibility index (Phi) is 2.93. The van der Waals surface area contributed by atoms with Gasteiger partial charge < -0.3 is 9.67 Å². The van der Waals surface area contributed by atoms with Crippen LogP contribution in [0, 0.1) is 12.7 Å². The molecule has 20 heavy (non-hydrogen) atoms. The van der Waals surface area contributed by atoms with Crippen LogP contribution in [-0.2, 0) is 6.54 Å². The average Bonchev–Trinajstić information content (AvgIpc) is 2.79. The van der Waals surface area contributed by atoms with Crippen molar-refractivity contribution in [2.45, 2.75) is 20.4 Å². The van der Waals surface area contributed by atoms with Crippen LogP contribution in [0.25, 0.3) is 22.4 Å². The lowest BCUT2D eigenvalue weighted by molar-refractivity contribution is 0.471. The number of imidazole rings is 1. The third kappa shape index (κ3) is 1.93. The molecule has 0 saturated carbocycles. The standard InChI is InChI=1S/C16H15FN2O/c1-3-19-14-7-6-12(17)9-13(14)18-16(19)11-5-4-10(2)15(20)8-11/h4-9,20H,3H2,1-2H3. The zero-order chi connectivity index (χ0) is 14.3. The van der Waals surface area contributed by atoms with Crippen molar-refractivity contribution in [1.82, 2.24) is 9.55 Å². The Labute approximate surface area is 116 Å². The van der Waals surface area contributed by atoms with Crippen molar-refractivity contribution in [3.05, 3.63) is 47.8 Å². The molecule has 1 heterocycles. The number of rotatable bonds is 2. The molecule has 0 aliphatic rings. The highest BCUT2D eigenvalue weighted by molar-refractivity contribution is 5.81. The molecule has 0 bridgehead atoms. The highest BCUT2D eigenvalue weighted by Crippen LogP contribution is 2.28. The summed E-state index contributed by atoms with van der Waals surface area (Å²) in [6.45, 7) is 4.59. The summed E-state index contributed by atoms with van der Waals surface area (Å²) < 4.78 is 15.3. The second-order valence-corrected chi connectivity index (χ2v) is 4.81. The van der Waals surface area contributed by atoms with Crippen LogP contribution in [0.3, 0.4) is 0 Å². The predicted molar refractivity (Wildman–Crippen MR) is 77.2 cm³/mol. The molecule has 1 N–H and O–H groups in total. The molecule has 0 aliphatic carbocycles. The molecule has 1 aromatic heterocycles. The molecule has 0 amide bonds. The van der Waals surface area contributed by atoms with E-state index in [4.69, 9.17) is 0 Å². The summed E-state index contributed by atoms with van der Waals surface area (Å²) in [4.78, 5) is 4.50. The highest BCUT2D eigenvalue weighted by atomic mass is 19.1. The second kappa shape index (κ2) is 4.63. The SMILES string of the molecule is CCn1c(-c2ccc(C)c(O)c2)nc2cc(F)ccc21. The van der Waals surface area contributed by atoms with Gasteiger partial charge in [-0.2, -0.15) is 0 Å². The molecule has 0 spiro atoms. The van der Waals surface area contributed by atoms with Crippen LogP contribution in [0.1, 0.15) is 12.5 Å². The lowest BCUT2D eigenvalue weighted by Gasteiger charge is -2.07. The number of hydrogen-bond acceptors (Lipinski definition) is 2. The van der Waals surface area contributed by atoms with Crippen molar-refractivity contribution in [3.8, 4) is 17.1 Å². The number of aryl methyl sites for hydroxylation is 2. The molecule has 0 saturated heterocycles. The van der Waals surface area contributed by atoms with Gasteiger partial charge in [-0.05, 0) is 37.6 Å². The fourth-order valence-corrected chi connectivity index (χ4v) is 2.39. The van der Waals surface area contributed by atoms with Gasteiger partial charge in [-0.15, -0.1) is 0 Å². The maximum Gasteiger partial charge on any atom is 0.141 e. The van der Waals surface area contributed by atoms with Crippen LogP contribution in [-0.4, -0.2) is 14.7 Å². The quantitative estimate of drug-likeness (QED) is 0.767. The summed E-state index contributed by atoms with van der Waals surface area (Å²) in [6, 6.07) is 10.1. The molecule has 4 heteroatoms. The van der Waals surface area contributed by atoms with Gasteiger partial charge in [0, 0.05) is 18.2 Å². The van der Waals surface area contributed by atoms with Crippen LogP contribution in [0.4, 0.5) is 4.39 Å². The first-order valence-electron chi connectivity index (χ1n) is 6.56. The van der Waals surface area contributed by atoms with Crippen LogP contribution >= 0.6 is 0 Å². The van der Waals surface area contributed by atoms with Crippen molar-refractivity contribution < 1.29 is 9.50 Å². The van der Waals surface area contributed by atoms with E-state index in [0.29, 0.717) is 5.52 Å². The topological polar surface area (TPSA) is 38.0 Å². The lowest BCUT2D eigenvalue weighted by Crippen LogP contribution is -1.97. The van der Waals surface area contributed by atoms with Crippen LogP contribution in [0.2, 0.25) is 0 Å². The van der Waals surface area contributed by atoms with E-state index in [9.17, 15) is 9.50 Å². The number of aromatic nitrogens is 2. The normalized spacial score (nSPS) is 11.2. The van der Waals surface area contributed by atoms with E-state index in [2.05, 4.69) is 4.98 Å². The third-order valence-corrected chi connectivity index (χ3v) is 3.49. The molecule has 0 radical (unpaired) electrons. The summed E-state index contributed by atoms with van der Waals surface area (Å²) >= 11 is 0. The number of fused-ring (bicyclic) bond motifs is 1. The van der Waals surface area contributed by atoms with Gasteiger partial charge in [-0.3, -0.25) is 0 Å². The molecule has 0 unspecified atom stereocenters. The molecular weight excluding hydrogens is 255 g/mol. The van der Waals surface area contributed by atoms with E-state index >= 15 is 0 Å². The van der Waals surface area contributed by atoms with Crippen molar-refractivity contribution >= 4 is 11.0 Å². The van der Waals surface area contributed by atoms with E-state index in [1.807, 2.05) is 30.5 Å². The van der Waals surface area contributed by atoms with E-state index in [-0.39, 0.29) is 11.6 Å². The molecular formula is C16H15FN2O. The molecule has 3 rings (SSSR count). The smallest absolute Gasteiger partial charge is 0.141 e. The van der Waals surface area contributed by atoms with Gasteiger partial charge in [0.05, 0.1) is 11.0 Å². The Morgan fingerprint density at radius 2 is 2.00 bits per heavy atom. The maximum absolute atomic E-state index is 13.3. The number of benzene rings is 2. The maximum atomic E-state index is 13.3. The Morgan fingerprint density at radius 3 is 2.70 bits per heavy atom. The van der Waals surface area contributed by atoms with Crippen molar-refractivity contribution in [2.24, 2.45) is 0 Å². The van der Waals surface area contributed by atoms with E-state index in [0.717, 1.165) is 29.0 Å². The number of phenols is 1. The molecule has 3 nitrogen and oxygen atoms in total. The van der Waals surface area contributed by atoms with Gasteiger partial charge >= 0.3 is 0 Å². The minimum atomic E-state index is -0.295. The average molecular weight is 270 g/mol. The van der Waals surface area contributed by atoms with Crippen LogP contribution < -0.4 is 0 Å². The van der Waals surface area contributed by atoms with Gasteiger partial charge in [0.2, 0.25) is 0 Å². The second-order valence-electron chi connectivity index (χ2n) is 4.81. The van der Waals surface area contributed by atoms with E-state index in [1.54, 1.807) is 12.1 Å². The summed E-state index contributed by atoms with van der Waals surface area (Å²) in [5, 5.41) is 9.85. The first-order chi connectivity index (χ1) is 9.60. The number of aromatic hydroxyl groups is 1. The summed E-state index contributed by atoms with van der Waals surface area (Å²) in [5.74, 6) is 0.684. The minimum Gasteiger partial charge on any atom is -0.508 e. The lowest BCUT2D eigenvalue weighted by atomic mass is 10.1. The first-order valence-corrected chi connectivity index (χ1v) is 6.56. The number of hydrogen-bond donors (Lipinski definition) is 1. The first kappa shape index (κ1) is 12.7. The Hall–Kier alpha value is -2.36. The Balaban J connectivity index is 2.26. The molecule has 0 atom stereocenters. The van der Waals surface area contributed by atoms with Crippen molar-refractivity contribution in [3.63, 3.8) is 0 Å². The fourth-order valence-electron chi connectivity index (χ4n) is 2.39. The number of nitrogens with zero attached hydrogens (tertiary/aromatic N) is 2. The number of halogens is 1. The zero-order valence-electron chi connectivity index (χ0n) is 11.4. The summed E-state index contributed by atoms with van der Waals surface area (Å²) in [5.41, 5.74) is 3.16. The van der Waals surface area contributed by atoms with Crippen molar-refractivity contribution in [1.29, 1.82) is 0 Å². The molecule has 3 aromatic rings.